The monoisotopic (exact) mass is 409 g/mol. The number of hydrogen-bond acceptors (Lipinski definition) is 3. The van der Waals surface area contributed by atoms with E-state index in [9.17, 15) is 0 Å². The fourth-order valence-corrected chi connectivity index (χ4v) is 3.61. The van der Waals surface area contributed by atoms with Gasteiger partial charge in [0, 0.05) is 23.9 Å². The predicted molar refractivity (Wildman–Crippen MR) is 124 cm³/mol. The van der Waals surface area contributed by atoms with E-state index in [2.05, 4.69) is 29.1 Å². The van der Waals surface area contributed by atoms with Crippen LogP contribution < -0.4 is 0 Å². The molecule has 3 heteroatoms. The summed E-state index contributed by atoms with van der Waals surface area (Å²) >= 11 is 0. The summed E-state index contributed by atoms with van der Waals surface area (Å²) in [4.78, 5) is 5.80. The van der Waals surface area contributed by atoms with Gasteiger partial charge in [-0.05, 0) is 48.3 Å². The zero-order valence-electron chi connectivity index (χ0n) is 17.6. The normalized spacial score (nSPS) is 18.6. The van der Waals surface area contributed by atoms with Crippen molar-refractivity contribution < 1.29 is 9.57 Å². The van der Waals surface area contributed by atoms with Crippen LogP contribution in [0.2, 0.25) is 0 Å². The van der Waals surface area contributed by atoms with Crippen LogP contribution in [0.4, 0.5) is 0 Å². The maximum absolute atomic E-state index is 5.85. The minimum absolute atomic E-state index is 0.386. The van der Waals surface area contributed by atoms with E-state index in [1.165, 1.54) is 5.56 Å². The van der Waals surface area contributed by atoms with Gasteiger partial charge in [0.15, 0.2) is 0 Å². The van der Waals surface area contributed by atoms with Crippen LogP contribution in [0.15, 0.2) is 96.2 Å². The van der Waals surface area contributed by atoms with Crippen molar-refractivity contribution in [1.82, 2.24) is 0 Å². The van der Waals surface area contributed by atoms with Crippen LogP contribution >= 0.6 is 0 Å². The molecule has 1 unspecified atom stereocenters. The van der Waals surface area contributed by atoms with Crippen LogP contribution in [0, 0.1) is 23.7 Å². The van der Waals surface area contributed by atoms with E-state index in [4.69, 9.17) is 9.57 Å². The minimum atomic E-state index is -0.386. The van der Waals surface area contributed by atoms with Gasteiger partial charge in [0.05, 0.1) is 6.61 Å². The lowest BCUT2D eigenvalue weighted by Crippen LogP contribution is -2.28. The quantitative estimate of drug-likeness (QED) is 0.259. The predicted octanol–water partition coefficient (Wildman–Crippen LogP) is 6.02. The van der Waals surface area contributed by atoms with Gasteiger partial charge in [-0.1, -0.05) is 89.9 Å². The lowest BCUT2D eigenvalue weighted by molar-refractivity contribution is 0.0474. The van der Waals surface area contributed by atoms with Crippen LogP contribution in [0.5, 0.6) is 0 Å². The molecule has 31 heavy (non-hydrogen) atoms. The van der Waals surface area contributed by atoms with Crippen LogP contribution in [0.3, 0.4) is 0 Å². The highest BCUT2D eigenvalue weighted by Crippen LogP contribution is 2.33. The molecule has 0 bridgehead atoms. The standard InChI is InChI=1S/C28H27NO2/c1-4-10-23(11-5-1)16-17-28(27-14-8-3-9-15-27)31-29-20-25-18-26(19-25)22-30-21-24-12-6-2-7-13-24/h1-15,20,25-26,28H,18-19,21-22H2/b29-20+. The molecule has 0 amide bonds. The third kappa shape index (κ3) is 6.57. The van der Waals surface area contributed by atoms with Crippen molar-refractivity contribution in [2.75, 3.05) is 6.61 Å². The molecule has 0 N–H and O–H groups in total. The van der Waals surface area contributed by atoms with Crippen molar-refractivity contribution >= 4 is 6.21 Å². The fourth-order valence-electron chi connectivity index (χ4n) is 3.61. The van der Waals surface area contributed by atoms with Crippen LogP contribution in [-0.2, 0) is 16.2 Å². The van der Waals surface area contributed by atoms with Crippen molar-refractivity contribution in [3.63, 3.8) is 0 Å². The Kier molecular flexibility index (Phi) is 7.52. The molecule has 3 nitrogen and oxygen atoms in total. The largest absolute Gasteiger partial charge is 0.376 e. The van der Waals surface area contributed by atoms with Crippen molar-refractivity contribution in [3.8, 4) is 11.8 Å². The summed E-state index contributed by atoms with van der Waals surface area (Å²) in [6.07, 6.45) is 3.72. The first kappa shape index (κ1) is 20.9. The third-order valence-corrected chi connectivity index (χ3v) is 5.40. The molecule has 1 atom stereocenters. The molecule has 4 rings (SSSR count). The van der Waals surface area contributed by atoms with E-state index in [-0.39, 0.29) is 6.10 Å². The maximum atomic E-state index is 5.85. The summed E-state index contributed by atoms with van der Waals surface area (Å²) < 4.78 is 5.85. The molecule has 0 saturated heterocycles. The highest BCUT2D eigenvalue weighted by molar-refractivity contribution is 5.61. The van der Waals surface area contributed by atoms with Crippen LogP contribution in [0.1, 0.15) is 35.6 Å². The molecule has 0 spiro atoms. The molecular formula is C28H27NO2. The van der Waals surface area contributed by atoms with E-state index in [0.717, 1.165) is 30.6 Å². The summed E-state index contributed by atoms with van der Waals surface area (Å²) in [7, 11) is 0. The Bertz CT molecular complexity index is 1000. The Balaban J connectivity index is 1.25. The van der Waals surface area contributed by atoms with E-state index in [0.29, 0.717) is 18.4 Å². The highest BCUT2D eigenvalue weighted by Gasteiger charge is 2.28. The van der Waals surface area contributed by atoms with Gasteiger partial charge in [-0.2, -0.15) is 0 Å². The first-order chi connectivity index (χ1) is 15.4. The number of oxime groups is 1. The molecule has 0 heterocycles. The van der Waals surface area contributed by atoms with Gasteiger partial charge in [0.2, 0.25) is 6.10 Å². The topological polar surface area (TPSA) is 30.8 Å². The molecule has 1 aliphatic rings. The molecule has 1 saturated carbocycles. The lowest BCUT2D eigenvalue weighted by Gasteiger charge is -2.32. The summed E-state index contributed by atoms with van der Waals surface area (Å²) in [6, 6.07) is 30.2. The van der Waals surface area contributed by atoms with Crippen molar-refractivity contribution in [3.05, 3.63) is 108 Å². The van der Waals surface area contributed by atoms with E-state index < -0.39 is 0 Å². The summed E-state index contributed by atoms with van der Waals surface area (Å²) in [6.45, 7) is 1.48. The Morgan fingerprint density at radius 3 is 2.23 bits per heavy atom. The fraction of sp³-hybridized carbons (Fsp3) is 0.250. The Labute approximate surface area is 184 Å². The van der Waals surface area contributed by atoms with Crippen LogP contribution in [-0.4, -0.2) is 12.8 Å². The average Bonchev–Trinajstić information content (AvgIpc) is 2.81. The van der Waals surface area contributed by atoms with Gasteiger partial charge >= 0.3 is 0 Å². The molecular weight excluding hydrogens is 382 g/mol. The second kappa shape index (κ2) is 11.2. The molecule has 0 radical (unpaired) electrons. The maximum Gasteiger partial charge on any atom is 0.213 e. The highest BCUT2D eigenvalue weighted by atomic mass is 16.6. The van der Waals surface area contributed by atoms with E-state index >= 15 is 0 Å². The number of hydrogen-bond donors (Lipinski definition) is 0. The molecule has 156 valence electrons. The van der Waals surface area contributed by atoms with Gasteiger partial charge in [-0.3, -0.25) is 0 Å². The first-order valence-electron chi connectivity index (χ1n) is 10.8. The minimum Gasteiger partial charge on any atom is -0.376 e. The molecule has 0 aromatic heterocycles. The van der Waals surface area contributed by atoms with Crippen LogP contribution in [0.25, 0.3) is 0 Å². The molecule has 1 fully saturated rings. The summed E-state index contributed by atoms with van der Waals surface area (Å²) in [5.74, 6) is 7.44. The molecule has 1 aliphatic carbocycles. The number of ether oxygens (including phenoxy) is 1. The third-order valence-electron chi connectivity index (χ3n) is 5.40. The second-order valence-electron chi connectivity index (χ2n) is 7.88. The summed E-state index contributed by atoms with van der Waals surface area (Å²) in [5.41, 5.74) is 3.19. The Hall–Kier alpha value is -3.35. The molecule has 3 aromatic rings. The molecule has 0 aliphatic heterocycles. The van der Waals surface area contributed by atoms with Gasteiger partial charge in [-0.25, -0.2) is 0 Å². The van der Waals surface area contributed by atoms with Gasteiger partial charge in [0.1, 0.15) is 0 Å². The second-order valence-corrected chi connectivity index (χ2v) is 7.88. The van der Waals surface area contributed by atoms with Gasteiger partial charge < -0.3 is 9.57 Å². The smallest absolute Gasteiger partial charge is 0.213 e. The average molecular weight is 410 g/mol. The van der Waals surface area contributed by atoms with Gasteiger partial charge in [0.25, 0.3) is 0 Å². The van der Waals surface area contributed by atoms with E-state index in [1.54, 1.807) is 0 Å². The SMILES string of the molecule is C(#CC(O/N=C/C1CC(COCc2ccccc2)C1)c1ccccc1)c1ccccc1. The Morgan fingerprint density at radius 2 is 1.52 bits per heavy atom. The first-order valence-corrected chi connectivity index (χ1v) is 10.8. The van der Waals surface area contributed by atoms with Crippen molar-refractivity contribution in [1.29, 1.82) is 0 Å². The summed E-state index contributed by atoms with van der Waals surface area (Å²) in [5, 5.41) is 4.28. The zero-order valence-corrected chi connectivity index (χ0v) is 17.6. The molecule has 3 aromatic carbocycles. The Morgan fingerprint density at radius 1 is 0.871 bits per heavy atom. The van der Waals surface area contributed by atoms with Crippen molar-refractivity contribution in [2.24, 2.45) is 17.0 Å². The number of rotatable bonds is 8. The number of benzene rings is 3. The zero-order chi connectivity index (χ0) is 21.1. The number of nitrogens with zero attached hydrogens (tertiary/aromatic N) is 1. The van der Waals surface area contributed by atoms with Gasteiger partial charge in [-0.15, -0.1) is 0 Å². The van der Waals surface area contributed by atoms with E-state index in [1.807, 2.05) is 85.1 Å². The van der Waals surface area contributed by atoms with Crippen molar-refractivity contribution in [2.45, 2.75) is 25.6 Å². The lowest BCUT2D eigenvalue weighted by atomic mass is 9.76.